The first-order chi connectivity index (χ1) is 9.52. The molecule has 5 nitrogen and oxygen atoms in total. The molecule has 0 fully saturated rings. The molecule has 0 aliphatic carbocycles. The summed E-state index contributed by atoms with van der Waals surface area (Å²) in [5.41, 5.74) is 1.49. The Morgan fingerprint density at radius 3 is 2.70 bits per heavy atom. The summed E-state index contributed by atoms with van der Waals surface area (Å²) >= 11 is 5.91. The molecule has 2 aromatic carbocycles. The molecule has 0 spiro atoms. The highest BCUT2D eigenvalue weighted by molar-refractivity contribution is 6.31. The minimum atomic E-state index is -0.462. The highest BCUT2D eigenvalue weighted by Gasteiger charge is 2.18. The van der Waals surface area contributed by atoms with Gasteiger partial charge in [0.2, 0.25) is 0 Å². The number of anilines is 2. The van der Waals surface area contributed by atoms with Crippen LogP contribution in [0.2, 0.25) is 5.02 Å². The number of halogens is 1. The summed E-state index contributed by atoms with van der Waals surface area (Å²) in [5, 5.41) is 20.4. The van der Waals surface area contributed by atoms with Gasteiger partial charge in [-0.2, -0.15) is 5.26 Å². The number of hydrogen-bond donors (Lipinski definition) is 0. The van der Waals surface area contributed by atoms with Gasteiger partial charge in [0, 0.05) is 23.8 Å². The van der Waals surface area contributed by atoms with E-state index in [1.807, 2.05) is 6.07 Å². The van der Waals surface area contributed by atoms with Gasteiger partial charge in [0.05, 0.1) is 16.6 Å². The molecule has 20 heavy (non-hydrogen) atoms. The minimum Gasteiger partial charge on any atom is -0.339 e. The third kappa shape index (κ3) is 2.71. The molecule has 2 aromatic rings. The van der Waals surface area contributed by atoms with E-state index in [4.69, 9.17) is 16.9 Å². The molecule has 0 saturated carbocycles. The van der Waals surface area contributed by atoms with Crippen LogP contribution in [0.1, 0.15) is 5.56 Å². The second-order valence-corrected chi connectivity index (χ2v) is 4.55. The molecule has 6 heteroatoms. The SMILES string of the molecule is CN(c1cccc(C#N)c1)c1cc(Cl)ccc1[N+](=O)[O-]. The van der Waals surface area contributed by atoms with Crippen LogP contribution in [-0.2, 0) is 0 Å². The van der Waals surface area contributed by atoms with Gasteiger partial charge in [-0.15, -0.1) is 0 Å². The topological polar surface area (TPSA) is 70.2 Å². The number of rotatable bonds is 3. The zero-order chi connectivity index (χ0) is 14.7. The summed E-state index contributed by atoms with van der Waals surface area (Å²) in [4.78, 5) is 12.2. The van der Waals surface area contributed by atoms with Crippen molar-refractivity contribution in [1.82, 2.24) is 0 Å². The highest BCUT2D eigenvalue weighted by atomic mass is 35.5. The minimum absolute atomic E-state index is 0.0424. The molecule has 0 amide bonds. The third-order valence-corrected chi connectivity index (χ3v) is 3.09. The van der Waals surface area contributed by atoms with Crippen molar-refractivity contribution in [2.45, 2.75) is 0 Å². The van der Waals surface area contributed by atoms with E-state index in [0.29, 0.717) is 22.0 Å². The summed E-state index contributed by atoms with van der Waals surface area (Å²) < 4.78 is 0. The van der Waals surface area contributed by atoms with Crippen molar-refractivity contribution in [3.8, 4) is 6.07 Å². The van der Waals surface area contributed by atoms with Gasteiger partial charge in [0.15, 0.2) is 0 Å². The van der Waals surface area contributed by atoms with E-state index in [1.165, 1.54) is 18.2 Å². The lowest BCUT2D eigenvalue weighted by Gasteiger charge is -2.19. The number of nitriles is 1. The number of nitro benzene ring substituents is 1. The molecule has 0 aliphatic heterocycles. The van der Waals surface area contributed by atoms with E-state index in [2.05, 4.69) is 0 Å². The van der Waals surface area contributed by atoms with Crippen molar-refractivity contribution in [3.05, 3.63) is 63.2 Å². The number of benzene rings is 2. The normalized spacial score (nSPS) is 9.85. The Bertz CT molecular complexity index is 710. The van der Waals surface area contributed by atoms with Crippen molar-refractivity contribution in [1.29, 1.82) is 5.26 Å². The molecule has 100 valence electrons. The van der Waals surface area contributed by atoms with Crippen molar-refractivity contribution >= 4 is 28.7 Å². The first kappa shape index (κ1) is 13.8. The van der Waals surface area contributed by atoms with Crippen molar-refractivity contribution in [2.75, 3.05) is 11.9 Å². The third-order valence-electron chi connectivity index (χ3n) is 2.86. The predicted octanol–water partition coefficient (Wildman–Crippen LogP) is 3.89. The smallest absolute Gasteiger partial charge is 0.292 e. The Morgan fingerprint density at radius 1 is 1.30 bits per heavy atom. The van der Waals surface area contributed by atoms with Gasteiger partial charge in [-0.1, -0.05) is 17.7 Å². The monoisotopic (exact) mass is 287 g/mol. The van der Waals surface area contributed by atoms with Crippen molar-refractivity contribution < 1.29 is 4.92 Å². The van der Waals surface area contributed by atoms with Crippen LogP contribution < -0.4 is 4.90 Å². The molecule has 0 N–H and O–H groups in total. The molecule has 0 radical (unpaired) electrons. The van der Waals surface area contributed by atoms with Crippen molar-refractivity contribution in [2.24, 2.45) is 0 Å². The second-order valence-electron chi connectivity index (χ2n) is 4.11. The summed E-state index contributed by atoms with van der Waals surface area (Å²) in [6.07, 6.45) is 0. The number of nitro groups is 1. The number of nitrogens with zero attached hydrogens (tertiary/aromatic N) is 3. The second kappa shape index (κ2) is 5.59. The molecule has 0 aliphatic rings. The molecular weight excluding hydrogens is 278 g/mol. The standard InChI is InChI=1S/C14H10ClN3O2/c1-17(12-4-2-3-10(7-12)9-16)14-8-11(15)5-6-13(14)18(19)20/h2-8H,1H3. The van der Waals surface area contributed by atoms with E-state index in [1.54, 1.807) is 36.2 Å². The van der Waals surface area contributed by atoms with Gasteiger partial charge in [0.25, 0.3) is 5.69 Å². The number of hydrogen-bond acceptors (Lipinski definition) is 4. The summed E-state index contributed by atoms with van der Waals surface area (Å²) in [6.45, 7) is 0. The quantitative estimate of drug-likeness (QED) is 0.634. The molecule has 0 aromatic heterocycles. The Kier molecular flexibility index (Phi) is 3.87. The zero-order valence-electron chi connectivity index (χ0n) is 10.6. The van der Waals surface area contributed by atoms with Crippen LogP contribution in [0.15, 0.2) is 42.5 Å². The fourth-order valence-electron chi connectivity index (χ4n) is 1.84. The van der Waals surface area contributed by atoms with Crippen LogP contribution in [0.4, 0.5) is 17.1 Å². The highest BCUT2D eigenvalue weighted by Crippen LogP contribution is 2.34. The Balaban J connectivity index is 2.52. The summed E-state index contributed by atoms with van der Waals surface area (Å²) in [7, 11) is 1.69. The average Bonchev–Trinajstić information content (AvgIpc) is 2.46. The van der Waals surface area contributed by atoms with E-state index < -0.39 is 4.92 Å². The van der Waals surface area contributed by atoms with Crippen molar-refractivity contribution in [3.63, 3.8) is 0 Å². The lowest BCUT2D eigenvalue weighted by Crippen LogP contribution is -2.11. The molecule has 0 atom stereocenters. The first-order valence-corrected chi connectivity index (χ1v) is 6.08. The Labute approximate surface area is 120 Å². The van der Waals surface area contributed by atoms with E-state index in [0.717, 1.165) is 0 Å². The predicted molar refractivity (Wildman–Crippen MR) is 77.3 cm³/mol. The molecule has 0 saturated heterocycles. The van der Waals surface area contributed by atoms with Gasteiger partial charge in [-0.3, -0.25) is 10.1 Å². The van der Waals surface area contributed by atoms with Crippen LogP contribution in [0.25, 0.3) is 0 Å². The van der Waals surface area contributed by atoms with Gasteiger partial charge < -0.3 is 4.90 Å². The largest absolute Gasteiger partial charge is 0.339 e. The van der Waals surface area contributed by atoms with Crippen LogP contribution in [0.5, 0.6) is 0 Å². The molecule has 0 unspecified atom stereocenters. The zero-order valence-corrected chi connectivity index (χ0v) is 11.3. The molecular formula is C14H10ClN3O2. The van der Waals surface area contributed by atoms with Crippen LogP contribution in [-0.4, -0.2) is 12.0 Å². The lowest BCUT2D eigenvalue weighted by atomic mass is 10.2. The molecule has 0 heterocycles. The van der Waals surface area contributed by atoms with E-state index >= 15 is 0 Å². The first-order valence-electron chi connectivity index (χ1n) is 5.71. The van der Waals surface area contributed by atoms with Crippen LogP contribution in [0.3, 0.4) is 0 Å². The average molecular weight is 288 g/mol. The van der Waals surface area contributed by atoms with Crippen LogP contribution in [0, 0.1) is 21.4 Å². The Hall–Kier alpha value is -2.58. The van der Waals surface area contributed by atoms with Gasteiger partial charge in [0.1, 0.15) is 5.69 Å². The van der Waals surface area contributed by atoms with E-state index in [9.17, 15) is 10.1 Å². The van der Waals surface area contributed by atoms with Gasteiger partial charge >= 0.3 is 0 Å². The maximum absolute atomic E-state index is 11.1. The fourth-order valence-corrected chi connectivity index (χ4v) is 2.01. The van der Waals surface area contributed by atoms with Gasteiger partial charge in [-0.25, -0.2) is 0 Å². The summed E-state index contributed by atoms with van der Waals surface area (Å²) in [5.74, 6) is 0. The van der Waals surface area contributed by atoms with E-state index in [-0.39, 0.29) is 5.69 Å². The van der Waals surface area contributed by atoms with Crippen LogP contribution >= 0.6 is 11.6 Å². The fraction of sp³-hybridized carbons (Fsp3) is 0.0714. The lowest BCUT2D eigenvalue weighted by molar-refractivity contribution is -0.384. The van der Waals surface area contributed by atoms with Gasteiger partial charge in [-0.05, 0) is 30.3 Å². The molecule has 0 bridgehead atoms. The molecule has 2 rings (SSSR count). The maximum Gasteiger partial charge on any atom is 0.292 e. The Morgan fingerprint density at radius 2 is 2.05 bits per heavy atom. The summed E-state index contributed by atoms with van der Waals surface area (Å²) in [6, 6.07) is 13.2. The maximum atomic E-state index is 11.1.